The van der Waals surface area contributed by atoms with Crippen LogP contribution in [0.3, 0.4) is 0 Å². The summed E-state index contributed by atoms with van der Waals surface area (Å²) in [6.45, 7) is 2.17. The van der Waals surface area contributed by atoms with Crippen LogP contribution in [-0.2, 0) is 26.2 Å². The molecule has 0 bridgehead atoms. The van der Waals surface area contributed by atoms with Crippen LogP contribution >= 0.6 is 0 Å². The molecular formula is C20H17Cl2NZr. The van der Waals surface area contributed by atoms with Gasteiger partial charge in [-0.2, -0.15) is 0 Å². The molecule has 0 atom stereocenters. The second kappa shape index (κ2) is 7.28. The molecule has 0 N–H and O–H groups in total. The van der Waals surface area contributed by atoms with Gasteiger partial charge in [-0.05, 0) is 60.5 Å². The van der Waals surface area contributed by atoms with Gasteiger partial charge in [0.25, 0.3) is 0 Å². The van der Waals surface area contributed by atoms with Crippen LogP contribution < -0.4 is 24.8 Å². The third-order valence-corrected chi connectivity index (χ3v) is 5.15. The van der Waals surface area contributed by atoms with E-state index in [0.717, 1.165) is 12.8 Å². The molecule has 0 radical (unpaired) electrons. The van der Waals surface area contributed by atoms with Crippen molar-refractivity contribution < 1.29 is 51.0 Å². The Balaban J connectivity index is 0.000000694. The van der Waals surface area contributed by atoms with Crippen LogP contribution in [0, 0.1) is 0 Å². The van der Waals surface area contributed by atoms with E-state index in [-0.39, 0.29) is 51.0 Å². The van der Waals surface area contributed by atoms with Crippen molar-refractivity contribution in [2.75, 3.05) is 0 Å². The Morgan fingerprint density at radius 2 is 1.38 bits per heavy atom. The van der Waals surface area contributed by atoms with Crippen LogP contribution in [0.2, 0.25) is 0 Å². The zero-order chi connectivity index (χ0) is 14.0. The zero-order valence-electron chi connectivity index (χ0n) is 13.5. The molecule has 24 heavy (non-hydrogen) atoms. The first-order chi connectivity index (χ1) is 10.3. The summed E-state index contributed by atoms with van der Waals surface area (Å²) in [5, 5.41) is 0. The quantitative estimate of drug-likeness (QED) is 0.524. The van der Waals surface area contributed by atoms with Crippen molar-refractivity contribution in [1.82, 2.24) is 0 Å². The molecule has 0 aromatic rings. The average molecular weight is 433 g/mol. The van der Waals surface area contributed by atoms with E-state index in [0.29, 0.717) is 0 Å². The molecule has 4 heteroatoms. The summed E-state index contributed by atoms with van der Waals surface area (Å²) < 4.78 is 0. The maximum Gasteiger partial charge on any atom is 2.00 e. The first kappa shape index (κ1) is 19.6. The molecule has 5 rings (SSSR count). The van der Waals surface area contributed by atoms with E-state index in [1.165, 1.54) is 57.7 Å². The summed E-state index contributed by atoms with van der Waals surface area (Å²) in [5.74, 6) is 0. The van der Waals surface area contributed by atoms with Gasteiger partial charge in [0, 0.05) is 16.9 Å². The number of allylic oxidation sites excluding steroid dienone is 12. The molecule has 0 saturated carbocycles. The predicted molar refractivity (Wildman–Crippen MR) is 87.1 cm³/mol. The number of halogens is 2. The molecule has 0 fully saturated rings. The number of rotatable bonds is 2. The minimum Gasteiger partial charge on any atom is -1.00 e. The molecule has 1 heterocycles. The minimum atomic E-state index is 0. The smallest absolute Gasteiger partial charge is 1.00 e. The number of hydrogen-bond donors (Lipinski definition) is 0. The molecule has 0 spiro atoms. The van der Waals surface area contributed by atoms with E-state index in [1.807, 2.05) is 0 Å². The van der Waals surface area contributed by atoms with Gasteiger partial charge in [-0.25, -0.2) is 0 Å². The summed E-state index contributed by atoms with van der Waals surface area (Å²) in [6, 6.07) is 0. The normalized spacial score (nSPS) is 22.3. The Hall–Kier alpha value is -0.687. The molecule has 1 nitrogen and oxygen atoms in total. The third-order valence-electron chi connectivity index (χ3n) is 5.15. The topological polar surface area (TPSA) is 12.4 Å². The average Bonchev–Trinajstić information content (AvgIpc) is 3.25. The van der Waals surface area contributed by atoms with E-state index in [2.05, 4.69) is 43.4 Å². The Bertz CT molecular complexity index is 845. The fourth-order valence-corrected chi connectivity index (χ4v) is 4.25. The van der Waals surface area contributed by atoms with Crippen molar-refractivity contribution in [3.05, 3.63) is 81.2 Å². The maximum absolute atomic E-state index is 4.95. The maximum atomic E-state index is 4.95. The van der Waals surface area contributed by atoms with Gasteiger partial charge in [0.15, 0.2) is 0 Å². The van der Waals surface area contributed by atoms with Gasteiger partial charge in [-0.1, -0.05) is 36.5 Å². The summed E-state index contributed by atoms with van der Waals surface area (Å²) in [7, 11) is 0. The van der Waals surface area contributed by atoms with E-state index < -0.39 is 0 Å². The summed E-state index contributed by atoms with van der Waals surface area (Å²) in [6.07, 6.45) is 17.9. The standard InChI is InChI=1S/C20H17N.2ClH.Zr/c1-12-15-10-11-16-17(13-6-2-3-7-13)18(14-8-4-5-9-14)20(21-12)19(15)16;;;/h2-6,8H,7,9-11H2,1H3;2*1H;/q;;;+2/p-2. The first-order valence-electron chi connectivity index (χ1n) is 7.84. The number of aliphatic imine (C=N–C) groups is 1. The Kier molecular flexibility index (Phi) is 5.96. The fourth-order valence-electron chi connectivity index (χ4n) is 4.25. The van der Waals surface area contributed by atoms with Crippen molar-refractivity contribution in [3.8, 4) is 0 Å². The second-order valence-electron chi connectivity index (χ2n) is 6.28. The van der Waals surface area contributed by atoms with Gasteiger partial charge < -0.3 is 24.8 Å². The molecule has 0 unspecified atom stereocenters. The molecule has 0 saturated heterocycles. The van der Waals surface area contributed by atoms with Crippen molar-refractivity contribution >= 4 is 5.71 Å². The number of nitrogens with zero attached hydrogens (tertiary/aromatic N) is 1. The van der Waals surface area contributed by atoms with Gasteiger partial charge in [0.05, 0.1) is 5.70 Å². The zero-order valence-corrected chi connectivity index (χ0v) is 17.5. The fraction of sp³-hybridized carbons (Fsp3) is 0.250. The largest absolute Gasteiger partial charge is 2.00 e. The van der Waals surface area contributed by atoms with Crippen molar-refractivity contribution in [1.29, 1.82) is 0 Å². The van der Waals surface area contributed by atoms with Gasteiger partial charge >= 0.3 is 26.2 Å². The minimum absolute atomic E-state index is 0. The first-order valence-corrected chi connectivity index (χ1v) is 7.84. The van der Waals surface area contributed by atoms with Crippen molar-refractivity contribution in [2.24, 2.45) is 4.99 Å². The van der Waals surface area contributed by atoms with Crippen molar-refractivity contribution in [3.63, 3.8) is 0 Å². The van der Waals surface area contributed by atoms with Crippen LogP contribution in [0.1, 0.15) is 32.6 Å². The van der Waals surface area contributed by atoms with E-state index >= 15 is 0 Å². The molecule has 5 aliphatic rings. The summed E-state index contributed by atoms with van der Waals surface area (Å²) in [5.41, 5.74) is 12.9. The van der Waals surface area contributed by atoms with E-state index in [4.69, 9.17) is 4.99 Å². The molecule has 0 aromatic carbocycles. The van der Waals surface area contributed by atoms with Gasteiger partial charge in [0.1, 0.15) is 0 Å². The van der Waals surface area contributed by atoms with E-state index in [9.17, 15) is 0 Å². The summed E-state index contributed by atoms with van der Waals surface area (Å²) >= 11 is 0. The number of hydrogen-bond acceptors (Lipinski definition) is 1. The predicted octanol–water partition coefficient (Wildman–Crippen LogP) is -1.11. The monoisotopic (exact) mass is 431 g/mol. The Labute approximate surface area is 174 Å². The Morgan fingerprint density at radius 3 is 1.96 bits per heavy atom. The van der Waals surface area contributed by atoms with Crippen LogP contribution in [0.15, 0.2) is 86.2 Å². The molecular weight excluding hydrogens is 416 g/mol. The Morgan fingerprint density at radius 1 is 0.792 bits per heavy atom. The molecule has 4 aliphatic carbocycles. The van der Waals surface area contributed by atoms with Crippen molar-refractivity contribution in [2.45, 2.75) is 32.6 Å². The van der Waals surface area contributed by atoms with Crippen LogP contribution in [0.4, 0.5) is 0 Å². The SMILES string of the molecule is CC1=NC2=C(C3=CC=CC3)C(C3=CC=CC3)=C3CCC1=C32.[Cl-].[Cl-].[Zr+2]. The van der Waals surface area contributed by atoms with Gasteiger partial charge in [0.2, 0.25) is 0 Å². The molecule has 0 aromatic heterocycles. The van der Waals surface area contributed by atoms with Gasteiger partial charge in [-0.3, -0.25) is 4.99 Å². The molecule has 1 aliphatic heterocycles. The summed E-state index contributed by atoms with van der Waals surface area (Å²) in [4.78, 5) is 4.95. The third kappa shape index (κ3) is 2.59. The van der Waals surface area contributed by atoms with Gasteiger partial charge in [-0.15, -0.1) is 0 Å². The molecule has 0 amide bonds. The van der Waals surface area contributed by atoms with E-state index in [1.54, 1.807) is 5.57 Å². The van der Waals surface area contributed by atoms with Crippen LogP contribution in [0.5, 0.6) is 0 Å². The van der Waals surface area contributed by atoms with Crippen LogP contribution in [-0.4, -0.2) is 5.71 Å². The van der Waals surface area contributed by atoms with Crippen LogP contribution in [0.25, 0.3) is 0 Å². The second-order valence-corrected chi connectivity index (χ2v) is 6.28. The molecule has 120 valence electrons.